The Labute approximate surface area is 214 Å². The lowest BCUT2D eigenvalue weighted by Gasteiger charge is -2.24. The van der Waals surface area contributed by atoms with Crippen molar-refractivity contribution in [3.05, 3.63) is 92.5 Å². The van der Waals surface area contributed by atoms with Crippen LogP contribution in [0.25, 0.3) is 11.0 Å². The summed E-state index contributed by atoms with van der Waals surface area (Å²) in [6.45, 7) is 5.66. The van der Waals surface area contributed by atoms with E-state index in [2.05, 4.69) is 81.5 Å². The Morgan fingerprint density at radius 3 is 2.49 bits per heavy atom. The largest absolute Gasteiger partial charge is 0.550 e. The normalized spacial score (nSPS) is 12.1. The average molecular weight is 538 g/mol. The van der Waals surface area contributed by atoms with Gasteiger partial charge in [-0.05, 0) is 78.9 Å². The van der Waals surface area contributed by atoms with Crippen molar-refractivity contribution in [2.45, 2.75) is 39.3 Å². The highest BCUT2D eigenvalue weighted by Crippen LogP contribution is 2.34. The summed E-state index contributed by atoms with van der Waals surface area (Å²) in [7, 11) is 3.95. The molecule has 0 bridgehead atoms. The number of halogens is 1. The van der Waals surface area contributed by atoms with Crippen LogP contribution in [-0.4, -0.2) is 32.9 Å². The van der Waals surface area contributed by atoms with Crippen molar-refractivity contribution in [1.82, 2.24) is 26.0 Å². The Balaban J connectivity index is 0.00000342. The van der Waals surface area contributed by atoms with E-state index < -0.39 is 5.97 Å². The molecule has 0 saturated carbocycles. The molecule has 0 aliphatic heterocycles. The van der Waals surface area contributed by atoms with Crippen LogP contribution in [0.3, 0.4) is 0 Å². The summed E-state index contributed by atoms with van der Waals surface area (Å²) in [4.78, 5) is 14.0. The van der Waals surface area contributed by atoms with Gasteiger partial charge < -0.3 is 16.1 Å². The van der Waals surface area contributed by atoms with Crippen molar-refractivity contribution < 1.29 is 9.90 Å². The highest BCUT2D eigenvalue weighted by Gasteiger charge is 2.21. The summed E-state index contributed by atoms with van der Waals surface area (Å²) in [6, 6.07) is 18.5. The number of aromatic nitrogens is 3. The Hall–Kier alpha value is -3.07. The van der Waals surface area contributed by atoms with Gasteiger partial charge in [-0.25, -0.2) is 4.68 Å². The van der Waals surface area contributed by atoms with Gasteiger partial charge in [0.05, 0.1) is 5.52 Å². The van der Waals surface area contributed by atoms with Crippen LogP contribution in [0.15, 0.2) is 59.1 Å². The van der Waals surface area contributed by atoms with E-state index in [0.29, 0.717) is 0 Å². The Bertz CT molecular complexity index is 1330. The minimum Gasteiger partial charge on any atom is -0.550 e. The van der Waals surface area contributed by atoms with Crippen molar-refractivity contribution in [1.29, 1.82) is 0 Å². The van der Waals surface area contributed by atoms with E-state index in [1.54, 1.807) is 4.68 Å². The molecular weight excluding hydrogens is 506 g/mol. The topological polar surface area (TPSA) is 111 Å². The number of aliphatic carboxylic acids is 1. The lowest BCUT2D eigenvalue weighted by Crippen LogP contribution is -2.25. The number of hydrogen-bond donors (Lipinski definition) is 1. The van der Waals surface area contributed by atoms with Crippen molar-refractivity contribution >= 4 is 32.9 Å². The fraction of sp³-hybridized carbons (Fsp3) is 0.296. The number of nitrogens with zero attached hydrogens (tertiary/aromatic N) is 4. The molecule has 0 aliphatic carbocycles. The van der Waals surface area contributed by atoms with Crippen LogP contribution in [-0.2, 0) is 24.9 Å². The molecule has 184 valence electrons. The van der Waals surface area contributed by atoms with E-state index in [9.17, 15) is 9.90 Å². The molecule has 4 N–H and O–H groups in total. The van der Waals surface area contributed by atoms with Gasteiger partial charge in [0.1, 0.15) is 5.52 Å². The van der Waals surface area contributed by atoms with E-state index >= 15 is 0 Å². The Morgan fingerprint density at radius 1 is 1.09 bits per heavy atom. The molecule has 1 unspecified atom stereocenters. The van der Waals surface area contributed by atoms with Crippen LogP contribution < -0.4 is 11.3 Å². The minimum absolute atomic E-state index is 0. The van der Waals surface area contributed by atoms with E-state index in [1.165, 1.54) is 16.7 Å². The molecule has 0 saturated heterocycles. The molecule has 4 aromatic rings. The molecule has 0 radical (unpaired) electrons. The maximum Gasteiger partial charge on any atom is 0.116 e. The maximum absolute atomic E-state index is 11.7. The lowest BCUT2D eigenvalue weighted by molar-refractivity contribution is -0.305. The second kappa shape index (κ2) is 11.1. The van der Waals surface area contributed by atoms with Crippen molar-refractivity contribution in [3.63, 3.8) is 0 Å². The predicted octanol–water partition coefficient (Wildman–Crippen LogP) is 4.63. The van der Waals surface area contributed by atoms with Gasteiger partial charge in [-0.2, -0.15) is 0 Å². The number of carbonyl (C=O) groups is 1. The second-order valence-electron chi connectivity index (χ2n) is 8.97. The number of carbonyl (C=O) groups excluding carboxylic acids is 1. The van der Waals surface area contributed by atoms with E-state index in [1.807, 2.05) is 32.2 Å². The van der Waals surface area contributed by atoms with Crippen LogP contribution in [0.2, 0.25) is 0 Å². The number of fused-ring (bicyclic) bond motifs is 1. The van der Waals surface area contributed by atoms with Gasteiger partial charge in [-0.15, -0.1) is 5.10 Å². The molecular formula is C27H32BrN5O2. The maximum atomic E-state index is 11.7. The van der Waals surface area contributed by atoms with Crippen molar-refractivity contribution in [3.8, 4) is 0 Å². The number of rotatable bonds is 8. The molecule has 35 heavy (non-hydrogen) atoms. The standard InChI is InChI=1S/C27H29BrN4O2.H3N/c1-17-5-8-20(13-21(17)16-31(3)15-19-6-9-22(28)10-7-19)24(14-26(33)34)23-11-12-25-27(18(23)2)29-30-32(25)4;/h5-13,24H,14-16H2,1-4H3,(H,33,34);1H3. The quantitative estimate of drug-likeness (QED) is 0.352. The summed E-state index contributed by atoms with van der Waals surface area (Å²) in [5, 5.41) is 20.1. The summed E-state index contributed by atoms with van der Waals surface area (Å²) in [5.41, 5.74) is 8.17. The van der Waals surface area contributed by atoms with Gasteiger partial charge in [0.2, 0.25) is 0 Å². The van der Waals surface area contributed by atoms with Gasteiger partial charge in [0.25, 0.3) is 0 Å². The SMILES string of the molecule is Cc1ccc(C(CC(=O)[O-])c2ccc3c(nnn3C)c2C)cc1CN(C)Cc1ccc(Br)cc1.[NH4+]. The second-order valence-corrected chi connectivity index (χ2v) is 9.89. The van der Waals surface area contributed by atoms with Gasteiger partial charge in [-0.1, -0.05) is 57.5 Å². The van der Waals surface area contributed by atoms with Crippen LogP contribution in [0.5, 0.6) is 0 Å². The van der Waals surface area contributed by atoms with Gasteiger partial charge >= 0.3 is 0 Å². The molecule has 4 rings (SSSR count). The molecule has 0 fully saturated rings. The van der Waals surface area contributed by atoms with Crippen LogP contribution in [0.1, 0.15) is 45.7 Å². The molecule has 0 amide bonds. The van der Waals surface area contributed by atoms with Crippen molar-refractivity contribution in [2.75, 3.05) is 7.05 Å². The number of quaternary nitrogens is 1. The van der Waals surface area contributed by atoms with Gasteiger partial charge in [0.15, 0.2) is 0 Å². The third-order valence-corrected chi connectivity index (χ3v) is 6.94. The summed E-state index contributed by atoms with van der Waals surface area (Å²) in [5.74, 6) is -1.40. The third-order valence-electron chi connectivity index (χ3n) is 6.41. The average Bonchev–Trinajstić information content (AvgIpc) is 3.17. The zero-order valence-electron chi connectivity index (χ0n) is 20.9. The zero-order chi connectivity index (χ0) is 24.4. The molecule has 3 aromatic carbocycles. The summed E-state index contributed by atoms with van der Waals surface area (Å²) < 4.78 is 2.79. The fourth-order valence-electron chi connectivity index (χ4n) is 4.53. The summed E-state index contributed by atoms with van der Waals surface area (Å²) in [6.07, 6.45) is -0.0934. The first-order valence-corrected chi connectivity index (χ1v) is 12.0. The third kappa shape index (κ3) is 5.96. The summed E-state index contributed by atoms with van der Waals surface area (Å²) >= 11 is 3.48. The number of carboxylic acid groups (broad SMARTS) is 1. The highest BCUT2D eigenvalue weighted by atomic mass is 79.9. The molecule has 0 aliphatic rings. The number of hydrogen-bond acceptors (Lipinski definition) is 5. The van der Waals surface area contributed by atoms with E-state index in [0.717, 1.165) is 45.3 Å². The number of carboxylic acids is 1. The molecule has 1 heterocycles. The number of benzene rings is 3. The van der Waals surface area contributed by atoms with E-state index in [4.69, 9.17) is 0 Å². The first-order valence-electron chi connectivity index (χ1n) is 11.2. The first kappa shape index (κ1) is 26.5. The predicted molar refractivity (Wildman–Crippen MR) is 141 cm³/mol. The lowest BCUT2D eigenvalue weighted by atomic mass is 9.84. The Kier molecular flexibility index (Phi) is 8.43. The van der Waals surface area contributed by atoms with E-state index in [-0.39, 0.29) is 18.5 Å². The molecule has 8 heteroatoms. The number of aryl methyl sites for hydroxylation is 3. The monoisotopic (exact) mass is 537 g/mol. The molecule has 7 nitrogen and oxygen atoms in total. The van der Waals surface area contributed by atoms with Crippen molar-refractivity contribution in [2.24, 2.45) is 7.05 Å². The van der Waals surface area contributed by atoms with Gasteiger partial charge in [0, 0.05) is 36.5 Å². The van der Waals surface area contributed by atoms with Crippen LogP contribution in [0.4, 0.5) is 0 Å². The Morgan fingerprint density at radius 2 is 1.80 bits per heavy atom. The molecule has 1 atom stereocenters. The highest BCUT2D eigenvalue weighted by molar-refractivity contribution is 9.10. The smallest absolute Gasteiger partial charge is 0.116 e. The fourth-order valence-corrected chi connectivity index (χ4v) is 4.79. The zero-order valence-corrected chi connectivity index (χ0v) is 22.5. The van der Waals surface area contributed by atoms with Crippen LogP contribution in [0, 0.1) is 13.8 Å². The van der Waals surface area contributed by atoms with Crippen LogP contribution >= 0.6 is 15.9 Å². The molecule has 1 aromatic heterocycles. The molecule has 0 spiro atoms. The van der Waals surface area contributed by atoms with Gasteiger partial charge in [-0.3, -0.25) is 4.90 Å². The first-order chi connectivity index (χ1) is 16.2. The minimum atomic E-state index is -1.07.